The van der Waals surface area contributed by atoms with Gasteiger partial charge in [0.2, 0.25) is 0 Å². The monoisotopic (exact) mass is 278 g/mol. The molecule has 0 fully saturated rings. The number of carbonyl (C=O) groups excluding carboxylic acids is 1. The van der Waals surface area contributed by atoms with E-state index in [9.17, 15) is 4.79 Å². The molecule has 0 aromatic heterocycles. The molecule has 0 saturated heterocycles. The molecule has 0 aliphatic heterocycles. The molecule has 1 rings (SSSR count). The summed E-state index contributed by atoms with van der Waals surface area (Å²) in [6.45, 7) is 8.22. The molecule has 0 aliphatic rings. The summed E-state index contributed by atoms with van der Waals surface area (Å²) in [6, 6.07) is 7.79. The summed E-state index contributed by atoms with van der Waals surface area (Å²) in [7, 11) is 0. The zero-order chi connectivity index (χ0) is 14.8. The van der Waals surface area contributed by atoms with E-state index in [2.05, 4.69) is 20.8 Å². The Morgan fingerprint density at radius 3 is 2.35 bits per heavy atom. The maximum absolute atomic E-state index is 11.9. The molecule has 0 radical (unpaired) electrons. The molecule has 0 amide bonds. The summed E-state index contributed by atoms with van der Waals surface area (Å²) in [4.78, 5) is 11.9. The van der Waals surface area contributed by atoms with Crippen LogP contribution in [0.5, 0.6) is 0 Å². The average Bonchev–Trinajstić information content (AvgIpc) is 2.43. The minimum Gasteiger partial charge on any atom is -0.379 e. The van der Waals surface area contributed by atoms with Gasteiger partial charge in [0.05, 0.1) is 13.2 Å². The fraction of sp³-hybridized carbons (Fsp3) is 0.588. The third kappa shape index (κ3) is 6.83. The van der Waals surface area contributed by atoms with Crippen LogP contribution >= 0.6 is 0 Å². The Bertz CT molecular complexity index is 382. The number of hydrogen-bond donors (Lipinski definition) is 0. The number of rotatable bonds is 10. The maximum Gasteiger partial charge on any atom is 0.188 e. The number of ether oxygens (including phenoxy) is 2. The molecular formula is C17H26O3. The second-order valence-corrected chi connectivity index (χ2v) is 5.39. The summed E-state index contributed by atoms with van der Waals surface area (Å²) in [5, 5.41) is 0. The molecule has 1 aromatic rings. The van der Waals surface area contributed by atoms with Crippen LogP contribution in [0.3, 0.4) is 0 Å². The lowest BCUT2D eigenvalue weighted by molar-refractivity contribution is 0.0364. The number of Topliss-reactive ketones (excluding diaryl/α,β-unsaturated/α-hetero) is 1. The highest BCUT2D eigenvalue weighted by Crippen LogP contribution is 2.07. The van der Waals surface area contributed by atoms with Crippen LogP contribution in [-0.2, 0) is 15.9 Å². The predicted octanol–water partition coefficient (Wildman–Crippen LogP) is 3.51. The van der Waals surface area contributed by atoms with E-state index in [0.717, 1.165) is 19.4 Å². The van der Waals surface area contributed by atoms with Crippen LogP contribution < -0.4 is 0 Å². The van der Waals surface area contributed by atoms with E-state index in [1.54, 1.807) is 0 Å². The van der Waals surface area contributed by atoms with E-state index in [1.807, 2.05) is 24.3 Å². The molecule has 3 heteroatoms. The van der Waals surface area contributed by atoms with Gasteiger partial charge in [0.15, 0.2) is 5.78 Å². The van der Waals surface area contributed by atoms with E-state index in [1.165, 1.54) is 5.56 Å². The van der Waals surface area contributed by atoms with Crippen LogP contribution in [0.4, 0.5) is 0 Å². The van der Waals surface area contributed by atoms with Crippen LogP contribution in [0.1, 0.15) is 43.1 Å². The quantitative estimate of drug-likeness (QED) is 0.485. The normalized spacial score (nSPS) is 11.0. The highest BCUT2D eigenvalue weighted by Gasteiger charge is 2.05. The van der Waals surface area contributed by atoms with Crippen LogP contribution in [0.2, 0.25) is 0 Å². The van der Waals surface area contributed by atoms with E-state index >= 15 is 0 Å². The molecule has 0 bridgehead atoms. The number of benzene rings is 1. The van der Waals surface area contributed by atoms with Gasteiger partial charge < -0.3 is 9.47 Å². The molecule has 0 spiro atoms. The Morgan fingerprint density at radius 2 is 1.75 bits per heavy atom. The minimum atomic E-state index is 0.0249. The van der Waals surface area contributed by atoms with E-state index in [4.69, 9.17) is 9.47 Å². The summed E-state index contributed by atoms with van der Waals surface area (Å²) in [6.07, 6.45) is 2.17. The third-order valence-electron chi connectivity index (χ3n) is 2.87. The molecule has 0 aliphatic carbocycles. The average molecular weight is 278 g/mol. The van der Waals surface area contributed by atoms with Gasteiger partial charge in [-0.25, -0.2) is 0 Å². The van der Waals surface area contributed by atoms with Crippen molar-refractivity contribution in [1.82, 2.24) is 0 Å². The molecule has 112 valence electrons. The Labute approximate surface area is 122 Å². The predicted molar refractivity (Wildman–Crippen MR) is 81.2 cm³/mol. The second-order valence-electron chi connectivity index (χ2n) is 5.39. The molecule has 3 nitrogen and oxygen atoms in total. The molecule has 0 heterocycles. The Kier molecular flexibility index (Phi) is 8.16. The largest absolute Gasteiger partial charge is 0.379 e. The van der Waals surface area contributed by atoms with Crippen LogP contribution in [-0.4, -0.2) is 32.2 Å². The molecule has 0 unspecified atom stereocenters. The summed E-state index contributed by atoms with van der Waals surface area (Å²) < 4.78 is 10.7. The van der Waals surface area contributed by atoms with Gasteiger partial charge in [0, 0.05) is 12.2 Å². The van der Waals surface area contributed by atoms with Gasteiger partial charge >= 0.3 is 0 Å². The minimum absolute atomic E-state index is 0.0249. The fourth-order valence-electron chi connectivity index (χ4n) is 1.83. The van der Waals surface area contributed by atoms with Crippen LogP contribution in [0.15, 0.2) is 24.3 Å². The van der Waals surface area contributed by atoms with Gasteiger partial charge in [0.25, 0.3) is 0 Å². The summed E-state index contributed by atoms with van der Waals surface area (Å²) in [5.41, 5.74) is 1.99. The Balaban J connectivity index is 2.22. The van der Waals surface area contributed by atoms with Gasteiger partial charge in [0.1, 0.15) is 6.61 Å². The SMILES string of the molecule is CCCc1ccc(C(=O)COCCOCC(C)C)cc1. The topological polar surface area (TPSA) is 35.5 Å². The number of ketones is 1. The first-order valence-electron chi connectivity index (χ1n) is 7.41. The zero-order valence-electron chi connectivity index (χ0n) is 12.9. The van der Waals surface area contributed by atoms with Crippen molar-refractivity contribution in [3.05, 3.63) is 35.4 Å². The Morgan fingerprint density at radius 1 is 1.10 bits per heavy atom. The van der Waals surface area contributed by atoms with Crippen molar-refractivity contribution < 1.29 is 14.3 Å². The van der Waals surface area contributed by atoms with E-state index in [-0.39, 0.29) is 12.4 Å². The molecule has 0 atom stereocenters. The van der Waals surface area contributed by atoms with Crippen LogP contribution in [0.25, 0.3) is 0 Å². The molecule has 0 saturated carbocycles. The first-order chi connectivity index (χ1) is 9.63. The number of aryl methyl sites for hydroxylation is 1. The zero-order valence-corrected chi connectivity index (χ0v) is 12.9. The number of carbonyl (C=O) groups is 1. The lowest BCUT2D eigenvalue weighted by Gasteiger charge is -2.07. The lowest BCUT2D eigenvalue weighted by atomic mass is 10.1. The summed E-state index contributed by atoms with van der Waals surface area (Å²) in [5.74, 6) is 0.551. The van der Waals surface area contributed by atoms with Crippen molar-refractivity contribution in [1.29, 1.82) is 0 Å². The molecular weight excluding hydrogens is 252 g/mol. The van der Waals surface area contributed by atoms with Crippen molar-refractivity contribution in [2.24, 2.45) is 5.92 Å². The smallest absolute Gasteiger partial charge is 0.188 e. The van der Waals surface area contributed by atoms with Crippen molar-refractivity contribution in [3.63, 3.8) is 0 Å². The lowest BCUT2D eigenvalue weighted by Crippen LogP contribution is -2.14. The molecule has 0 N–H and O–H groups in total. The van der Waals surface area contributed by atoms with Gasteiger partial charge in [-0.2, -0.15) is 0 Å². The highest BCUT2D eigenvalue weighted by atomic mass is 16.5. The maximum atomic E-state index is 11.9. The fourth-order valence-corrected chi connectivity index (χ4v) is 1.83. The van der Waals surface area contributed by atoms with Crippen molar-refractivity contribution in [2.75, 3.05) is 26.4 Å². The first-order valence-corrected chi connectivity index (χ1v) is 7.41. The summed E-state index contributed by atoms with van der Waals surface area (Å²) >= 11 is 0. The second kappa shape index (κ2) is 9.67. The molecule has 20 heavy (non-hydrogen) atoms. The third-order valence-corrected chi connectivity index (χ3v) is 2.87. The van der Waals surface area contributed by atoms with Crippen molar-refractivity contribution >= 4 is 5.78 Å². The number of hydrogen-bond acceptors (Lipinski definition) is 3. The van der Waals surface area contributed by atoms with Gasteiger partial charge in [-0.1, -0.05) is 51.5 Å². The standard InChI is InChI=1S/C17H26O3/c1-4-5-15-6-8-16(9-7-15)17(18)13-20-11-10-19-12-14(2)3/h6-9,14H,4-5,10-13H2,1-3H3. The van der Waals surface area contributed by atoms with E-state index in [0.29, 0.717) is 24.7 Å². The molecule has 1 aromatic carbocycles. The van der Waals surface area contributed by atoms with Gasteiger partial charge in [-0.15, -0.1) is 0 Å². The Hall–Kier alpha value is -1.19. The van der Waals surface area contributed by atoms with Gasteiger partial charge in [-0.05, 0) is 17.9 Å². The highest BCUT2D eigenvalue weighted by molar-refractivity contribution is 5.97. The van der Waals surface area contributed by atoms with Crippen molar-refractivity contribution in [3.8, 4) is 0 Å². The first kappa shape index (κ1) is 16.9. The van der Waals surface area contributed by atoms with Gasteiger partial charge in [-0.3, -0.25) is 4.79 Å². The van der Waals surface area contributed by atoms with E-state index < -0.39 is 0 Å². The van der Waals surface area contributed by atoms with Crippen molar-refractivity contribution in [2.45, 2.75) is 33.6 Å². The van der Waals surface area contributed by atoms with Crippen LogP contribution in [0, 0.1) is 5.92 Å².